The molecule has 1 unspecified atom stereocenters. The maximum absolute atomic E-state index is 12.9. The van der Waals surface area contributed by atoms with E-state index < -0.39 is 10.0 Å². The average molecular weight is 324 g/mol. The first-order chi connectivity index (χ1) is 9.96. The van der Waals surface area contributed by atoms with Gasteiger partial charge in [0.15, 0.2) is 0 Å². The van der Waals surface area contributed by atoms with Crippen LogP contribution in [0.1, 0.15) is 18.1 Å². The van der Waals surface area contributed by atoms with Crippen molar-refractivity contribution in [2.24, 2.45) is 5.73 Å². The van der Waals surface area contributed by atoms with E-state index >= 15 is 0 Å². The molecule has 2 N–H and O–H groups in total. The largest absolute Gasteiger partial charge is 0.320 e. The predicted molar refractivity (Wildman–Crippen MR) is 87.8 cm³/mol. The zero-order valence-electron chi connectivity index (χ0n) is 12.3. The van der Waals surface area contributed by atoms with Crippen molar-refractivity contribution in [2.75, 3.05) is 24.6 Å². The molecule has 21 heavy (non-hydrogen) atoms. The fourth-order valence-corrected chi connectivity index (χ4v) is 5.29. The molecule has 4 nitrogen and oxygen atoms in total. The van der Waals surface area contributed by atoms with Crippen LogP contribution < -0.4 is 5.73 Å². The molecule has 1 saturated heterocycles. The van der Waals surface area contributed by atoms with E-state index in [0.717, 1.165) is 17.1 Å². The molecule has 2 rings (SSSR count). The number of thioether (sulfide) groups is 1. The van der Waals surface area contributed by atoms with Crippen molar-refractivity contribution >= 4 is 21.8 Å². The molecule has 1 aliphatic rings. The molecule has 1 aromatic rings. The summed E-state index contributed by atoms with van der Waals surface area (Å²) in [7, 11) is -3.51. The van der Waals surface area contributed by atoms with Gasteiger partial charge >= 0.3 is 0 Å². The number of rotatable bonds is 2. The minimum Gasteiger partial charge on any atom is -0.320 e. The topological polar surface area (TPSA) is 63.4 Å². The van der Waals surface area contributed by atoms with Crippen LogP contribution in [-0.2, 0) is 10.0 Å². The van der Waals surface area contributed by atoms with Crippen molar-refractivity contribution in [3.05, 3.63) is 29.3 Å². The third kappa shape index (κ3) is 3.61. The number of nitrogens with two attached hydrogens (primary N) is 1. The van der Waals surface area contributed by atoms with Crippen molar-refractivity contribution in [1.29, 1.82) is 0 Å². The molecule has 114 valence electrons. The van der Waals surface area contributed by atoms with Gasteiger partial charge in [0.05, 0.1) is 11.4 Å². The van der Waals surface area contributed by atoms with Crippen molar-refractivity contribution in [2.45, 2.75) is 24.8 Å². The molecule has 0 aromatic heterocycles. The summed E-state index contributed by atoms with van der Waals surface area (Å²) < 4.78 is 27.4. The number of benzene rings is 1. The van der Waals surface area contributed by atoms with Crippen LogP contribution in [0.4, 0.5) is 0 Å². The molecular formula is C15H20N2O2S2. The van der Waals surface area contributed by atoms with Gasteiger partial charge in [-0.05, 0) is 31.5 Å². The molecule has 1 heterocycles. The van der Waals surface area contributed by atoms with Gasteiger partial charge in [0.2, 0.25) is 10.0 Å². The Labute approximate surface area is 131 Å². The minimum atomic E-state index is -3.51. The van der Waals surface area contributed by atoms with Crippen LogP contribution in [0.25, 0.3) is 0 Å². The smallest absolute Gasteiger partial charge is 0.244 e. The third-order valence-corrected chi connectivity index (χ3v) is 6.61. The summed E-state index contributed by atoms with van der Waals surface area (Å²) in [5.41, 5.74) is 6.92. The number of hydrogen-bond acceptors (Lipinski definition) is 4. The molecule has 1 aromatic carbocycles. The second-order valence-electron chi connectivity index (χ2n) is 5.05. The number of nitrogens with zero attached hydrogens (tertiary/aromatic N) is 1. The van der Waals surface area contributed by atoms with Gasteiger partial charge in [0.1, 0.15) is 0 Å². The molecule has 1 fully saturated rings. The highest BCUT2D eigenvalue weighted by atomic mass is 32.2. The maximum atomic E-state index is 12.9. The van der Waals surface area contributed by atoms with E-state index in [-0.39, 0.29) is 17.5 Å². The number of sulfonamides is 1. The van der Waals surface area contributed by atoms with Gasteiger partial charge in [-0.15, -0.1) is 0 Å². The summed E-state index contributed by atoms with van der Waals surface area (Å²) in [5.74, 6) is 7.30. The standard InChI is InChI=1S/C15H20N2O2S2/c1-12-5-6-15(14(10-12)4-3-7-16)21(18,19)17-8-9-20-11-13(17)2/h5-6,10,13H,7-9,11,16H2,1-2H3. The number of hydrogen-bond donors (Lipinski definition) is 1. The molecule has 6 heteroatoms. The van der Waals surface area contributed by atoms with Gasteiger partial charge in [-0.2, -0.15) is 16.1 Å². The van der Waals surface area contributed by atoms with Gasteiger partial charge in [-0.1, -0.05) is 17.9 Å². The monoisotopic (exact) mass is 324 g/mol. The van der Waals surface area contributed by atoms with E-state index in [1.807, 2.05) is 19.9 Å². The Balaban J connectivity index is 2.49. The third-order valence-electron chi connectivity index (χ3n) is 3.35. The maximum Gasteiger partial charge on any atom is 0.244 e. The normalized spacial score (nSPS) is 19.9. The Hall–Kier alpha value is -1.00. The molecule has 0 amide bonds. The Bertz CT molecular complexity index is 675. The highest BCUT2D eigenvalue weighted by molar-refractivity contribution is 7.99. The number of aryl methyl sites for hydroxylation is 1. The van der Waals surface area contributed by atoms with Gasteiger partial charge in [-0.25, -0.2) is 8.42 Å². The van der Waals surface area contributed by atoms with Gasteiger partial charge in [0.25, 0.3) is 0 Å². The lowest BCUT2D eigenvalue weighted by molar-refractivity contribution is 0.367. The Kier molecular flexibility index (Phi) is 5.33. The Morgan fingerprint density at radius 2 is 2.24 bits per heavy atom. The second kappa shape index (κ2) is 6.84. The molecule has 1 atom stereocenters. The van der Waals surface area contributed by atoms with Crippen molar-refractivity contribution in [3.8, 4) is 11.8 Å². The first kappa shape index (κ1) is 16.4. The second-order valence-corrected chi connectivity index (χ2v) is 8.05. The van der Waals surface area contributed by atoms with Crippen LogP contribution in [0.5, 0.6) is 0 Å². The molecule has 0 aliphatic carbocycles. The first-order valence-electron chi connectivity index (χ1n) is 6.86. The van der Waals surface area contributed by atoms with Gasteiger partial charge in [0, 0.05) is 29.7 Å². The van der Waals surface area contributed by atoms with Gasteiger partial charge in [-0.3, -0.25) is 0 Å². The Morgan fingerprint density at radius 1 is 1.48 bits per heavy atom. The lowest BCUT2D eigenvalue weighted by Gasteiger charge is -2.32. The van der Waals surface area contributed by atoms with Crippen molar-refractivity contribution in [1.82, 2.24) is 4.31 Å². The first-order valence-corrected chi connectivity index (χ1v) is 9.45. The van der Waals surface area contributed by atoms with Crippen LogP contribution in [-0.4, -0.2) is 43.4 Å². The highest BCUT2D eigenvalue weighted by Crippen LogP contribution is 2.26. The molecule has 0 saturated carbocycles. The minimum absolute atomic E-state index is 0.00497. The van der Waals surface area contributed by atoms with E-state index in [9.17, 15) is 8.42 Å². The van der Waals surface area contributed by atoms with Crippen LogP contribution in [0, 0.1) is 18.8 Å². The zero-order valence-corrected chi connectivity index (χ0v) is 13.9. The lowest BCUT2D eigenvalue weighted by Crippen LogP contribution is -2.44. The zero-order chi connectivity index (χ0) is 15.5. The predicted octanol–water partition coefficient (Wildman–Crippen LogP) is 1.43. The molecular weight excluding hydrogens is 304 g/mol. The van der Waals surface area contributed by atoms with Crippen molar-refractivity contribution in [3.63, 3.8) is 0 Å². The summed E-state index contributed by atoms with van der Waals surface area (Å²) in [6.45, 7) is 4.63. The van der Waals surface area contributed by atoms with Crippen LogP contribution in [0.2, 0.25) is 0 Å². The summed E-state index contributed by atoms with van der Waals surface area (Å²) in [4.78, 5) is 0.285. The Morgan fingerprint density at radius 3 is 2.90 bits per heavy atom. The van der Waals surface area contributed by atoms with Crippen molar-refractivity contribution < 1.29 is 8.42 Å². The summed E-state index contributed by atoms with van der Waals surface area (Å²) in [6, 6.07) is 5.27. The molecule has 0 radical (unpaired) electrons. The van der Waals surface area contributed by atoms with E-state index in [2.05, 4.69) is 11.8 Å². The molecule has 0 spiro atoms. The average Bonchev–Trinajstić information content (AvgIpc) is 2.45. The van der Waals surface area contributed by atoms with E-state index in [4.69, 9.17) is 5.73 Å². The molecule has 0 bridgehead atoms. The van der Waals surface area contributed by atoms with E-state index in [1.165, 1.54) is 0 Å². The summed E-state index contributed by atoms with van der Waals surface area (Å²) in [6.07, 6.45) is 0. The quantitative estimate of drug-likeness (QED) is 0.836. The highest BCUT2D eigenvalue weighted by Gasteiger charge is 2.32. The molecule has 1 aliphatic heterocycles. The summed E-state index contributed by atoms with van der Waals surface area (Å²) >= 11 is 1.79. The van der Waals surface area contributed by atoms with E-state index in [0.29, 0.717) is 12.1 Å². The fraction of sp³-hybridized carbons (Fsp3) is 0.467. The SMILES string of the molecule is Cc1ccc(S(=O)(=O)N2CCSCC2C)c(C#CCN)c1. The lowest BCUT2D eigenvalue weighted by atomic mass is 10.1. The van der Waals surface area contributed by atoms with Crippen LogP contribution >= 0.6 is 11.8 Å². The summed E-state index contributed by atoms with van der Waals surface area (Å²) in [5, 5.41) is 0. The fourth-order valence-electron chi connectivity index (χ4n) is 2.31. The van der Waals surface area contributed by atoms with E-state index in [1.54, 1.807) is 28.2 Å². The van der Waals surface area contributed by atoms with Crippen LogP contribution in [0.15, 0.2) is 23.1 Å². The van der Waals surface area contributed by atoms with Gasteiger partial charge < -0.3 is 5.73 Å². The van der Waals surface area contributed by atoms with Crippen LogP contribution in [0.3, 0.4) is 0 Å².